The van der Waals surface area contributed by atoms with Gasteiger partial charge in [0.15, 0.2) is 9.84 Å². The average molecular weight is 294 g/mol. The van der Waals surface area contributed by atoms with Crippen molar-refractivity contribution in [1.82, 2.24) is 5.32 Å². The van der Waals surface area contributed by atoms with Gasteiger partial charge in [0.05, 0.1) is 15.2 Å². The monoisotopic (exact) mass is 293 g/mol. The molecule has 6 heteroatoms. The van der Waals surface area contributed by atoms with Gasteiger partial charge in [-0.2, -0.15) is 0 Å². The Kier molecular flexibility index (Phi) is 3.98. The van der Waals surface area contributed by atoms with E-state index in [1.807, 2.05) is 0 Å². The average Bonchev–Trinajstić information content (AvgIpc) is 2.29. The highest BCUT2D eigenvalue weighted by Crippen LogP contribution is 2.29. The first kappa shape index (κ1) is 13.1. The molecule has 0 saturated carbocycles. The van der Waals surface area contributed by atoms with Crippen molar-refractivity contribution in [3.63, 3.8) is 0 Å². The van der Waals surface area contributed by atoms with Crippen LogP contribution in [0.3, 0.4) is 0 Å². The van der Waals surface area contributed by atoms with Crippen LogP contribution in [0.1, 0.15) is 12.8 Å². The highest BCUT2D eigenvalue weighted by atomic mass is 35.5. The van der Waals surface area contributed by atoms with Gasteiger partial charge in [0.25, 0.3) is 0 Å². The normalized spacial score (nSPS) is 21.4. The van der Waals surface area contributed by atoms with Crippen molar-refractivity contribution in [1.29, 1.82) is 0 Å². The molecule has 2 rings (SSSR count). The highest BCUT2D eigenvalue weighted by Gasteiger charge is 2.30. The first-order valence-corrected chi connectivity index (χ1v) is 7.72. The van der Waals surface area contributed by atoms with Crippen LogP contribution >= 0.6 is 23.2 Å². The minimum Gasteiger partial charge on any atom is -0.315 e. The van der Waals surface area contributed by atoms with Gasteiger partial charge >= 0.3 is 0 Å². The smallest absolute Gasteiger partial charge is 0.183 e. The Bertz CT molecular complexity index is 510. The summed E-state index contributed by atoms with van der Waals surface area (Å²) in [6.07, 6.45) is 1.55. The zero-order valence-corrected chi connectivity index (χ0v) is 11.4. The third-order valence-corrected chi connectivity index (χ3v) is 5.80. The summed E-state index contributed by atoms with van der Waals surface area (Å²) in [4.78, 5) is 0.178. The van der Waals surface area contributed by atoms with E-state index in [-0.39, 0.29) is 9.92 Å². The van der Waals surface area contributed by atoms with Gasteiger partial charge in [0.1, 0.15) is 0 Å². The number of sulfone groups is 1. The Morgan fingerprint density at radius 2 is 2.06 bits per heavy atom. The lowest BCUT2D eigenvalue weighted by molar-refractivity contribution is 0.497. The van der Waals surface area contributed by atoms with Crippen molar-refractivity contribution in [3.8, 4) is 0 Å². The van der Waals surface area contributed by atoms with Gasteiger partial charge in [-0.15, -0.1) is 0 Å². The van der Waals surface area contributed by atoms with Gasteiger partial charge in [-0.3, -0.25) is 0 Å². The standard InChI is InChI=1S/C11H13Cl2NO2S/c12-8-3-4-11(10(13)6-8)17(15,16)9-2-1-5-14-7-9/h3-4,6,9,14H,1-2,5,7H2. The summed E-state index contributed by atoms with van der Waals surface area (Å²) in [5.41, 5.74) is 0. The van der Waals surface area contributed by atoms with E-state index in [2.05, 4.69) is 5.32 Å². The third-order valence-electron chi connectivity index (χ3n) is 2.89. The number of rotatable bonds is 2. The predicted molar refractivity (Wildman–Crippen MR) is 69.5 cm³/mol. The molecule has 94 valence electrons. The molecule has 0 spiro atoms. The summed E-state index contributed by atoms with van der Waals surface area (Å²) in [7, 11) is -3.36. The summed E-state index contributed by atoms with van der Waals surface area (Å²) in [5, 5.41) is 3.34. The molecule has 1 atom stereocenters. The minimum atomic E-state index is -3.36. The maximum atomic E-state index is 12.4. The van der Waals surface area contributed by atoms with Crippen LogP contribution < -0.4 is 5.32 Å². The predicted octanol–water partition coefficient (Wildman–Crippen LogP) is 2.52. The van der Waals surface area contributed by atoms with E-state index in [1.165, 1.54) is 12.1 Å². The lowest BCUT2D eigenvalue weighted by Gasteiger charge is -2.23. The summed E-state index contributed by atoms with van der Waals surface area (Å²) >= 11 is 11.7. The van der Waals surface area contributed by atoms with Crippen molar-refractivity contribution < 1.29 is 8.42 Å². The van der Waals surface area contributed by atoms with Crippen LogP contribution in [0.15, 0.2) is 23.1 Å². The van der Waals surface area contributed by atoms with Crippen molar-refractivity contribution >= 4 is 33.0 Å². The molecule has 0 amide bonds. The molecule has 1 saturated heterocycles. The van der Waals surface area contributed by atoms with Gasteiger partial charge in [0.2, 0.25) is 0 Å². The fraction of sp³-hybridized carbons (Fsp3) is 0.455. The first-order valence-electron chi connectivity index (χ1n) is 5.41. The Morgan fingerprint density at radius 3 is 2.65 bits per heavy atom. The summed E-state index contributed by atoms with van der Waals surface area (Å²) in [5.74, 6) is 0. The first-order chi connectivity index (χ1) is 8.01. The number of nitrogens with one attached hydrogen (secondary N) is 1. The Morgan fingerprint density at radius 1 is 1.29 bits per heavy atom. The van der Waals surface area contributed by atoms with Gasteiger partial charge < -0.3 is 5.32 Å². The highest BCUT2D eigenvalue weighted by molar-refractivity contribution is 7.92. The molecule has 1 aliphatic rings. The maximum Gasteiger partial charge on any atom is 0.183 e. The Labute approximate surface area is 111 Å². The number of hydrogen-bond donors (Lipinski definition) is 1. The molecule has 0 aliphatic carbocycles. The van der Waals surface area contributed by atoms with Crippen LogP contribution in [-0.4, -0.2) is 26.8 Å². The van der Waals surface area contributed by atoms with Crippen molar-refractivity contribution in [3.05, 3.63) is 28.2 Å². The molecule has 1 aromatic carbocycles. The topological polar surface area (TPSA) is 46.2 Å². The second-order valence-electron chi connectivity index (χ2n) is 4.09. The number of hydrogen-bond acceptors (Lipinski definition) is 3. The molecule has 1 aromatic rings. The quantitative estimate of drug-likeness (QED) is 0.911. The molecule has 0 radical (unpaired) electrons. The molecule has 1 aliphatic heterocycles. The molecule has 1 fully saturated rings. The van der Waals surface area contributed by atoms with E-state index in [1.54, 1.807) is 6.07 Å². The van der Waals surface area contributed by atoms with E-state index in [9.17, 15) is 8.42 Å². The summed E-state index contributed by atoms with van der Waals surface area (Å²) < 4.78 is 24.7. The van der Waals surface area contributed by atoms with Crippen molar-refractivity contribution in [2.75, 3.05) is 13.1 Å². The fourth-order valence-corrected chi connectivity index (χ4v) is 4.46. The van der Waals surface area contributed by atoms with Gasteiger partial charge in [-0.25, -0.2) is 8.42 Å². The minimum absolute atomic E-state index is 0.178. The molecule has 1 heterocycles. The summed E-state index contributed by atoms with van der Waals surface area (Å²) in [6.45, 7) is 1.36. The van der Waals surface area contributed by atoms with E-state index >= 15 is 0 Å². The number of piperidine rings is 1. The third kappa shape index (κ3) is 2.76. The van der Waals surface area contributed by atoms with E-state index in [0.29, 0.717) is 18.0 Å². The van der Waals surface area contributed by atoms with Crippen LogP contribution in [0.25, 0.3) is 0 Å². The number of benzene rings is 1. The molecule has 3 nitrogen and oxygen atoms in total. The van der Waals surface area contributed by atoms with E-state index in [4.69, 9.17) is 23.2 Å². The van der Waals surface area contributed by atoms with Crippen LogP contribution in [0.4, 0.5) is 0 Å². The Balaban J connectivity index is 2.37. The zero-order valence-electron chi connectivity index (χ0n) is 9.12. The van der Waals surface area contributed by atoms with Crippen molar-refractivity contribution in [2.45, 2.75) is 23.0 Å². The SMILES string of the molecule is O=S(=O)(c1ccc(Cl)cc1Cl)C1CCCNC1. The molecule has 0 bridgehead atoms. The van der Waals surface area contributed by atoms with E-state index in [0.717, 1.165) is 13.0 Å². The zero-order chi connectivity index (χ0) is 12.5. The van der Waals surface area contributed by atoms with Gasteiger partial charge in [-0.05, 0) is 37.6 Å². The molecule has 1 N–H and O–H groups in total. The largest absolute Gasteiger partial charge is 0.315 e. The maximum absolute atomic E-state index is 12.4. The molecule has 17 heavy (non-hydrogen) atoms. The molecule has 1 unspecified atom stereocenters. The molecule has 0 aromatic heterocycles. The van der Waals surface area contributed by atoms with Crippen LogP contribution in [0, 0.1) is 0 Å². The summed E-state index contributed by atoms with van der Waals surface area (Å²) in [6, 6.07) is 4.50. The van der Waals surface area contributed by atoms with Crippen LogP contribution in [-0.2, 0) is 9.84 Å². The Hall–Kier alpha value is -0.290. The lowest BCUT2D eigenvalue weighted by Crippen LogP contribution is -2.38. The van der Waals surface area contributed by atoms with Crippen LogP contribution in [0.2, 0.25) is 10.0 Å². The van der Waals surface area contributed by atoms with Crippen molar-refractivity contribution in [2.24, 2.45) is 0 Å². The molecular weight excluding hydrogens is 281 g/mol. The second-order valence-corrected chi connectivity index (χ2v) is 7.13. The van der Waals surface area contributed by atoms with Gasteiger partial charge in [0, 0.05) is 11.6 Å². The molecular formula is C11H13Cl2NO2S. The van der Waals surface area contributed by atoms with E-state index < -0.39 is 15.1 Å². The second kappa shape index (κ2) is 5.14. The number of halogens is 2. The van der Waals surface area contributed by atoms with Crippen LogP contribution in [0.5, 0.6) is 0 Å². The van der Waals surface area contributed by atoms with Gasteiger partial charge in [-0.1, -0.05) is 23.2 Å². The fourth-order valence-electron chi connectivity index (χ4n) is 1.97. The lowest BCUT2D eigenvalue weighted by atomic mass is 10.2.